The monoisotopic (exact) mass is 468 g/mol. The van der Waals surface area contributed by atoms with Gasteiger partial charge in [-0.25, -0.2) is 0 Å². The molecule has 6 heteroatoms. The van der Waals surface area contributed by atoms with Gasteiger partial charge in [-0.15, -0.1) is 0 Å². The van der Waals surface area contributed by atoms with E-state index in [1.54, 1.807) is 0 Å². The maximum absolute atomic E-state index is 6.25. The van der Waals surface area contributed by atoms with Crippen LogP contribution in [-0.4, -0.2) is 92.0 Å². The smallest absolute Gasteiger partial charge is 0.0757 e. The van der Waals surface area contributed by atoms with Crippen molar-refractivity contribution in [3.05, 3.63) is 19.7 Å². The summed E-state index contributed by atoms with van der Waals surface area (Å²) in [5.41, 5.74) is 0. The van der Waals surface area contributed by atoms with E-state index in [4.69, 9.17) is 35.5 Å². The van der Waals surface area contributed by atoms with Gasteiger partial charge in [0.2, 0.25) is 0 Å². The van der Waals surface area contributed by atoms with E-state index < -0.39 is 0 Å². The Bertz CT molecular complexity index is 288. The first-order chi connectivity index (χ1) is 15.7. The topological polar surface area (TPSA) is 71.4 Å². The number of hydrogen-bond donors (Lipinski definition) is 0. The van der Waals surface area contributed by atoms with E-state index in [9.17, 15) is 0 Å². The Kier molecular flexibility index (Phi) is 44.3. The van der Waals surface area contributed by atoms with Crippen molar-refractivity contribution in [3.8, 4) is 0 Å². The lowest BCUT2D eigenvalue weighted by Crippen LogP contribution is -2.47. The van der Waals surface area contributed by atoms with Gasteiger partial charge < -0.3 is 49.0 Å². The first-order valence-corrected chi connectivity index (χ1v) is 13.0. The van der Waals surface area contributed by atoms with E-state index in [0.717, 1.165) is 0 Å². The van der Waals surface area contributed by atoms with Gasteiger partial charge in [0.25, 0.3) is 0 Å². The molecule has 0 heterocycles. The third-order valence-corrected chi connectivity index (χ3v) is 8.05. The Balaban J connectivity index is -0.0000000740. The van der Waals surface area contributed by atoms with Crippen LogP contribution in [-0.2, 0) is 0 Å². The molecule has 0 N–H and O–H groups in total. The highest BCUT2D eigenvalue weighted by atomic mass is 15.3. The normalized spacial score (nSPS) is 10.0. The molecular weight excluding hydrogens is 408 g/mol. The average Bonchev–Trinajstić information content (AvgIpc) is 2.93. The average molecular weight is 469 g/mol. The SMILES string of the molecule is CC[N+](CC)(CC)CC.CC[N+](CC)(CC)CC.CC[N+](CC)(CC)CC.[C-]#N.[C-]#N.[C-]#N. The van der Waals surface area contributed by atoms with Crippen molar-refractivity contribution in [2.75, 3.05) is 78.5 Å². The predicted octanol–water partition coefficient (Wildman–Crippen LogP) is 5.94. The molecule has 0 amide bonds. The lowest BCUT2D eigenvalue weighted by atomic mass is 10.3. The van der Waals surface area contributed by atoms with E-state index in [2.05, 4.69) is 83.1 Å². The van der Waals surface area contributed by atoms with Crippen molar-refractivity contribution in [1.29, 1.82) is 15.8 Å². The molecule has 0 aromatic rings. The van der Waals surface area contributed by atoms with Gasteiger partial charge >= 0.3 is 0 Å². The summed E-state index contributed by atoms with van der Waals surface area (Å²) in [6, 6.07) is 0. The summed E-state index contributed by atoms with van der Waals surface area (Å²) in [5.74, 6) is 0. The molecule has 0 aliphatic carbocycles. The predicted molar refractivity (Wildman–Crippen MR) is 142 cm³/mol. The van der Waals surface area contributed by atoms with Gasteiger partial charge in [-0.1, -0.05) is 0 Å². The Morgan fingerprint density at radius 2 is 0.333 bits per heavy atom. The largest absolute Gasteiger partial charge is 0.512 e. The molecule has 0 saturated heterocycles. The molecule has 6 nitrogen and oxygen atoms in total. The number of rotatable bonds is 12. The zero-order valence-corrected chi connectivity index (χ0v) is 24.7. The minimum atomic E-state index is 1.28. The van der Waals surface area contributed by atoms with Crippen LogP contribution in [0.4, 0.5) is 0 Å². The first-order valence-electron chi connectivity index (χ1n) is 13.0. The van der Waals surface area contributed by atoms with Crippen LogP contribution >= 0.6 is 0 Å². The maximum atomic E-state index is 6.25. The molecule has 0 aliphatic rings. The van der Waals surface area contributed by atoms with Gasteiger partial charge in [0.1, 0.15) is 0 Å². The Labute approximate surface area is 210 Å². The summed E-state index contributed by atoms with van der Waals surface area (Å²) in [5, 5.41) is 18.8. The summed E-state index contributed by atoms with van der Waals surface area (Å²) in [6.07, 6.45) is 0. The third kappa shape index (κ3) is 20.7. The molecule has 0 aromatic heterocycles. The highest BCUT2D eigenvalue weighted by Crippen LogP contribution is 2.04. The summed E-state index contributed by atoms with van der Waals surface area (Å²) in [4.78, 5) is 0. The Morgan fingerprint density at radius 1 is 0.273 bits per heavy atom. The van der Waals surface area contributed by atoms with Gasteiger partial charge in [-0.3, -0.25) is 0 Å². The molecular formula is C27H60N6. The van der Waals surface area contributed by atoms with Crippen LogP contribution in [0.2, 0.25) is 0 Å². The molecule has 33 heavy (non-hydrogen) atoms. The van der Waals surface area contributed by atoms with Crippen molar-refractivity contribution >= 4 is 0 Å². The van der Waals surface area contributed by atoms with E-state index in [0.29, 0.717) is 0 Å². The highest BCUT2D eigenvalue weighted by molar-refractivity contribution is 4.32. The molecule has 0 unspecified atom stereocenters. The minimum absolute atomic E-state index is 1.28. The Morgan fingerprint density at radius 3 is 0.333 bits per heavy atom. The minimum Gasteiger partial charge on any atom is -0.512 e. The Hall–Kier alpha value is -1.65. The van der Waals surface area contributed by atoms with Gasteiger partial charge in [0.05, 0.1) is 78.5 Å². The van der Waals surface area contributed by atoms with Gasteiger partial charge in [-0.05, 0) is 83.1 Å². The van der Waals surface area contributed by atoms with Crippen LogP contribution in [0, 0.1) is 35.5 Å². The second kappa shape index (κ2) is 32.5. The third-order valence-electron chi connectivity index (χ3n) is 8.05. The first kappa shape index (κ1) is 44.9. The molecule has 0 radical (unpaired) electrons. The van der Waals surface area contributed by atoms with Gasteiger partial charge in [0, 0.05) is 0 Å². The molecule has 0 fully saturated rings. The van der Waals surface area contributed by atoms with Crippen molar-refractivity contribution in [3.63, 3.8) is 0 Å². The zero-order chi connectivity index (χ0) is 28.0. The maximum Gasteiger partial charge on any atom is 0.0757 e. The lowest BCUT2D eigenvalue weighted by molar-refractivity contribution is -0.921. The fourth-order valence-corrected chi connectivity index (χ4v) is 4.02. The van der Waals surface area contributed by atoms with Crippen LogP contribution < -0.4 is 0 Å². The van der Waals surface area contributed by atoms with Gasteiger partial charge in [0.15, 0.2) is 0 Å². The van der Waals surface area contributed by atoms with E-state index in [1.807, 2.05) is 0 Å². The lowest BCUT2D eigenvalue weighted by Gasteiger charge is -2.34. The van der Waals surface area contributed by atoms with Crippen LogP contribution in [0.25, 0.3) is 0 Å². The van der Waals surface area contributed by atoms with Crippen molar-refractivity contribution in [2.24, 2.45) is 0 Å². The van der Waals surface area contributed by atoms with E-state index >= 15 is 0 Å². The van der Waals surface area contributed by atoms with Crippen LogP contribution in [0.1, 0.15) is 83.1 Å². The highest BCUT2D eigenvalue weighted by Gasteiger charge is 2.17. The molecule has 0 saturated carbocycles. The molecule has 0 bridgehead atoms. The zero-order valence-electron chi connectivity index (χ0n) is 24.7. The van der Waals surface area contributed by atoms with Gasteiger partial charge in [-0.2, -0.15) is 0 Å². The second-order valence-electron chi connectivity index (χ2n) is 7.82. The summed E-state index contributed by atoms with van der Waals surface area (Å²) >= 11 is 0. The van der Waals surface area contributed by atoms with Crippen LogP contribution in [0.3, 0.4) is 0 Å². The van der Waals surface area contributed by atoms with Crippen LogP contribution in [0.15, 0.2) is 0 Å². The van der Waals surface area contributed by atoms with Crippen LogP contribution in [0.5, 0.6) is 0 Å². The molecule has 0 spiro atoms. The summed E-state index contributed by atoms with van der Waals surface area (Å²) < 4.78 is 3.83. The summed E-state index contributed by atoms with van der Waals surface area (Å²) in [6.45, 7) is 56.9. The number of hydrogen-bond acceptors (Lipinski definition) is 3. The van der Waals surface area contributed by atoms with Crippen molar-refractivity contribution in [2.45, 2.75) is 83.1 Å². The molecule has 0 atom stereocenters. The molecule has 0 rings (SSSR count). The van der Waals surface area contributed by atoms with E-state index in [1.165, 1.54) is 92.0 Å². The van der Waals surface area contributed by atoms with Crippen molar-refractivity contribution in [1.82, 2.24) is 0 Å². The number of quaternary nitrogens is 3. The molecule has 0 aliphatic heterocycles. The quantitative estimate of drug-likeness (QED) is 0.263. The fourth-order valence-electron chi connectivity index (χ4n) is 4.02. The van der Waals surface area contributed by atoms with E-state index in [-0.39, 0.29) is 0 Å². The molecule has 198 valence electrons. The standard InChI is InChI=1S/3C8H20N.3CN/c3*1-5-9(6-2,7-3)8-4;3*1-2/h3*5-8H2,1-4H3;;;/q3*+1;3*-1. The second-order valence-corrected chi connectivity index (χ2v) is 7.82. The number of nitrogens with zero attached hydrogens (tertiary/aromatic N) is 6. The molecule has 0 aromatic carbocycles. The summed E-state index contributed by atoms with van der Waals surface area (Å²) in [7, 11) is 0. The fraction of sp³-hybridized carbons (Fsp3) is 0.889. The van der Waals surface area contributed by atoms with Crippen molar-refractivity contribution < 1.29 is 13.4 Å².